The van der Waals surface area contributed by atoms with E-state index in [9.17, 15) is 4.39 Å². The summed E-state index contributed by atoms with van der Waals surface area (Å²) in [5.74, 6) is 0.931. The quantitative estimate of drug-likeness (QED) is 0.523. The lowest BCUT2D eigenvalue weighted by Crippen LogP contribution is -2.35. The van der Waals surface area contributed by atoms with Crippen LogP contribution in [0, 0.1) is 13.8 Å². The van der Waals surface area contributed by atoms with E-state index in [1.54, 1.807) is 13.8 Å². The first-order chi connectivity index (χ1) is 14.6. The normalized spacial score (nSPS) is 15.7. The second-order valence-electron chi connectivity index (χ2n) is 9.12. The molecule has 1 aromatic heterocycles. The molecular weight excluding hydrogens is 413 g/mol. The van der Waals surface area contributed by atoms with E-state index in [0.29, 0.717) is 12.0 Å². The van der Waals surface area contributed by atoms with Crippen LogP contribution in [0.3, 0.4) is 0 Å². The van der Waals surface area contributed by atoms with E-state index in [1.165, 1.54) is 0 Å². The summed E-state index contributed by atoms with van der Waals surface area (Å²) in [6.07, 6.45) is 0.639. The molecule has 31 heavy (non-hydrogen) atoms. The number of aromatic nitrogens is 2. The molecule has 2 heterocycles. The summed E-state index contributed by atoms with van der Waals surface area (Å²) in [5.41, 5.74) is 5.55. The SMILES string of the molecule is Cc1ccc(CN2CCOCC2)c(Cl)c1Cc1nc2c(C)cc(C(C)(C)F)cc2n1C. The highest BCUT2D eigenvalue weighted by Gasteiger charge is 2.23. The second kappa shape index (κ2) is 8.53. The van der Waals surface area contributed by atoms with E-state index in [-0.39, 0.29) is 0 Å². The summed E-state index contributed by atoms with van der Waals surface area (Å²) in [5, 5.41) is 0.820. The van der Waals surface area contributed by atoms with Crippen LogP contribution in [0.4, 0.5) is 4.39 Å². The van der Waals surface area contributed by atoms with Gasteiger partial charge in [0.25, 0.3) is 0 Å². The number of benzene rings is 2. The molecule has 0 spiro atoms. The van der Waals surface area contributed by atoms with E-state index < -0.39 is 5.67 Å². The summed E-state index contributed by atoms with van der Waals surface area (Å²) < 4.78 is 22.1. The predicted molar refractivity (Wildman–Crippen MR) is 125 cm³/mol. The van der Waals surface area contributed by atoms with Gasteiger partial charge in [-0.2, -0.15) is 0 Å². The van der Waals surface area contributed by atoms with Crippen molar-refractivity contribution in [3.05, 3.63) is 62.9 Å². The third-order valence-electron chi connectivity index (χ3n) is 6.35. The Labute approximate surface area is 189 Å². The van der Waals surface area contributed by atoms with Gasteiger partial charge in [0.2, 0.25) is 0 Å². The maximum Gasteiger partial charge on any atom is 0.130 e. The molecule has 6 heteroatoms. The van der Waals surface area contributed by atoms with Gasteiger partial charge in [0.05, 0.1) is 24.2 Å². The average molecular weight is 444 g/mol. The topological polar surface area (TPSA) is 30.3 Å². The van der Waals surface area contributed by atoms with Crippen LogP contribution in [-0.2, 0) is 30.4 Å². The Bertz CT molecular complexity index is 1110. The van der Waals surface area contributed by atoms with Crippen LogP contribution in [0.1, 0.15) is 47.5 Å². The first-order valence-electron chi connectivity index (χ1n) is 10.9. The van der Waals surface area contributed by atoms with Crippen molar-refractivity contribution >= 4 is 22.6 Å². The zero-order valence-corrected chi connectivity index (χ0v) is 19.8. The van der Waals surface area contributed by atoms with Crippen molar-refractivity contribution in [1.29, 1.82) is 0 Å². The number of nitrogens with zero attached hydrogens (tertiary/aromatic N) is 3. The van der Waals surface area contributed by atoms with Crippen molar-refractivity contribution in [3.8, 4) is 0 Å². The zero-order chi connectivity index (χ0) is 22.3. The van der Waals surface area contributed by atoms with Gasteiger partial charge in [-0.05, 0) is 61.6 Å². The van der Waals surface area contributed by atoms with Crippen LogP contribution in [0.2, 0.25) is 5.02 Å². The molecule has 0 amide bonds. The van der Waals surface area contributed by atoms with E-state index in [2.05, 4.69) is 28.5 Å². The van der Waals surface area contributed by atoms with Gasteiger partial charge in [-0.3, -0.25) is 4.90 Å². The van der Waals surface area contributed by atoms with E-state index in [4.69, 9.17) is 21.3 Å². The highest BCUT2D eigenvalue weighted by atomic mass is 35.5. The molecular formula is C25H31ClFN3O. The molecule has 0 aliphatic carbocycles. The Morgan fingerprint density at radius 1 is 1.13 bits per heavy atom. The highest BCUT2D eigenvalue weighted by molar-refractivity contribution is 6.32. The molecule has 0 unspecified atom stereocenters. The van der Waals surface area contributed by atoms with Crippen molar-refractivity contribution < 1.29 is 9.13 Å². The van der Waals surface area contributed by atoms with E-state index in [1.807, 2.05) is 26.1 Å². The second-order valence-corrected chi connectivity index (χ2v) is 9.50. The fourth-order valence-electron chi connectivity index (χ4n) is 4.27. The Balaban J connectivity index is 1.69. The molecule has 0 radical (unpaired) electrons. The summed E-state index contributed by atoms with van der Waals surface area (Å²) >= 11 is 6.91. The lowest BCUT2D eigenvalue weighted by Gasteiger charge is -2.27. The molecule has 2 aromatic carbocycles. The molecule has 0 atom stereocenters. The minimum absolute atomic E-state index is 0.639. The highest BCUT2D eigenvalue weighted by Crippen LogP contribution is 2.32. The molecule has 1 aliphatic heterocycles. The summed E-state index contributed by atoms with van der Waals surface area (Å²) in [4.78, 5) is 7.29. The van der Waals surface area contributed by atoms with Crippen LogP contribution in [0.25, 0.3) is 11.0 Å². The Hall–Kier alpha value is -1.95. The van der Waals surface area contributed by atoms with Gasteiger partial charge in [0, 0.05) is 38.1 Å². The van der Waals surface area contributed by atoms with Gasteiger partial charge < -0.3 is 9.30 Å². The third-order valence-corrected chi connectivity index (χ3v) is 6.82. The first kappa shape index (κ1) is 22.3. The maximum atomic E-state index is 14.6. The number of aryl methyl sites for hydroxylation is 3. The molecule has 0 N–H and O–H groups in total. The van der Waals surface area contributed by atoms with Gasteiger partial charge in [-0.25, -0.2) is 9.37 Å². The van der Waals surface area contributed by atoms with Gasteiger partial charge in [0.1, 0.15) is 11.5 Å². The van der Waals surface area contributed by atoms with E-state index >= 15 is 0 Å². The number of rotatable bonds is 5. The molecule has 4 nitrogen and oxygen atoms in total. The van der Waals surface area contributed by atoms with Crippen molar-refractivity contribution in [2.75, 3.05) is 26.3 Å². The average Bonchev–Trinajstić information content (AvgIpc) is 3.04. The zero-order valence-electron chi connectivity index (χ0n) is 19.1. The first-order valence-corrected chi connectivity index (χ1v) is 11.2. The molecule has 166 valence electrons. The summed E-state index contributed by atoms with van der Waals surface area (Å²) in [7, 11) is 2.00. The predicted octanol–water partition coefficient (Wildman–Crippen LogP) is 5.47. The van der Waals surface area contributed by atoms with Crippen LogP contribution in [-0.4, -0.2) is 40.8 Å². The number of alkyl halides is 1. The monoisotopic (exact) mass is 443 g/mol. The molecule has 0 saturated carbocycles. The molecule has 1 aliphatic rings. The standard InChI is InChI=1S/C25H31ClFN3O/c1-16-6-7-18(15-30-8-10-31-11-9-30)23(26)20(16)14-22-28-24-17(2)12-19(25(3,4)27)13-21(24)29(22)5/h6-7,12-13H,8-11,14-15H2,1-5H3. The number of halogens is 2. The molecule has 4 rings (SSSR count). The lowest BCUT2D eigenvalue weighted by atomic mass is 9.97. The lowest BCUT2D eigenvalue weighted by molar-refractivity contribution is 0.0342. The minimum atomic E-state index is -1.39. The fourth-order valence-corrected chi connectivity index (χ4v) is 4.61. The number of hydrogen-bond donors (Lipinski definition) is 0. The third kappa shape index (κ3) is 4.50. The number of hydrogen-bond acceptors (Lipinski definition) is 3. The van der Waals surface area contributed by atoms with Crippen LogP contribution in [0.15, 0.2) is 24.3 Å². The Morgan fingerprint density at radius 3 is 2.52 bits per heavy atom. The van der Waals surface area contributed by atoms with Gasteiger partial charge in [-0.1, -0.05) is 29.8 Å². The minimum Gasteiger partial charge on any atom is -0.379 e. The summed E-state index contributed by atoms with van der Waals surface area (Å²) in [6.45, 7) is 11.5. The van der Waals surface area contributed by atoms with Gasteiger partial charge >= 0.3 is 0 Å². The smallest absolute Gasteiger partial charge is 0.130 e. The van der Waals surface area contributed by atoms with Gasteiger partial charge in [-0.15, -0.1) is 0 Å². The number of fused-ring (bicyclic) bond motifs is 1. The molecule has 0 bridgehead atoms. The Kier molecular flexibility index (Phi) is 6.12. The maximum absolute atomic E-state index is 14.6. The molecule has 1 saturated heterocycles. The number of imidazole rings is 1. The summed E-state index contributed by atoms with van der Waals surface area (Å²) in [6, 6.07) is 8.10. The van der Waals surface area contributed by atoms with Crippen molar-refractivity contribution in [2.24, 2.45) is 7.05 Å². The fraction of sp³-hybridized carbons (Fsp3) is 0.480. The molecule has 1 fully saturated rings. The van der Waals surface area contributed by atoms with Crippen molar-refractivity contribution in [1.82, 2.24) is 14.5 Å². The van der Waals surface area contributed by atoms with Crippen LogP contribution < -0.4 is 0 Å². The van der Waals surface area contributed by atoms with Crippen molar-refractivity contribution in [3.63, 3.8) is 0 Å². The van der Waals surface area contributed by atoms with Crippen LogP contribution >= 0.6 is 11.6 Å². The van der Waals surface area contributed by atoms with Crippen molar-refractivity contribution in [2.45, 2.75) is 46.3 Å². The molecule has 3 aromatic rings. The number of morpholine rings is 1. The Morgan fingerprint density at radius 2 is 1.84 bits per heavy atom. The number of ether oxygens (including phenoxy) is 1. The van der Waals surface area contributed by atoms with Gasteiger partial charge in [0.15, 0.2) is 0 Å². The van der Waals surface area contributed by atoms with E-state index in [0.717, 1.165) is 77.0 Å². The largest absolute Gasteiger partial charge is 0.379 e. The van der Waals surface area contributed by atoms with Crippen LogP contribution in [0.5, 0.6) is 0 Å².